The standard InChI is InChI=1S/C19H20FN3O2/c1-13-5-8-16(12-17(13)23-11-3-2-4-18(23)24)22-19(25)21-15-9-6-14(20)7-10-15/h5-10,12H,2-4,11H2,1H3,(H2,21,22,25). The van der Waals surface area contributed by atoms with E-state index >= 15 is 0 Å². The number of halogens is 1. The van der Waals surface area contributed by atoms with Gasteiger partial charge in [0.25, 0.3) is 0 Å². The van der Waals surface area contributed by atoms with Gasteiger partial charge in [-0.2, -0.15) is 0 Å². The van der Waals surface area contributed by atoms with E-state index in [-0.39, 0.29) is 11.7 Å². The fourth-order valence-electron chi connectivity index (χ4n) is 2.87. The van der Waals surface area contributed by atoms with Gasteiger partial charge in [-0.25, -0.2) is 9.18 Å². The molecule has 0 unspecified atom stereocenters. The molecule has 1 fully saturated rings. The Labute approximate surface area is 145 Å². The Morgan fingerprint density at radius 1 is 1.04 bits per heavy atom. The van der Waals surface area contributed by atoms with Crippen molar-refractivity contribution >= 4 is 29.0 Å². The fourth-order valence-corrected chi connectivity index (χ4v) is 2.87. The van der Waals surface area contributed by atoms with E-state index in [4.69, 9.17) is 0 Å². The van der Waals surface area contributed by atoms with Crippen LogP contribution in [0.1, 0.15) is 24.8 Å². The van der Waals surface area contributed by atoms with Crippen molar-refractivity contribution in [2.24, 2.45) is 0 Å². The number of anilines is 3. The molecule has 0 bridgehead atoms. The quantitative estimate of drug-likeness (QED) is 0.874. The minimum absolute atomic E-state index is 0.113. The highest BCUT2D eigenvalue weighted by Crippen LogP contribution is 2.27. The van der Waals surface area contributed by atoms with Gasteiger partial charge < -0.3 is 15.5 Å². The average molecular weight is 341 g/mol. The summed E-state index contributed by atoms with van der Waals surface area (Å²) in [7, 11) is 0. The van der Waals surface area contributed by atoms with Crippen molar-refractivity contribution in [2.75, 3.05) is 22.1 Å². The van der Waals surface area contributed by atoms with Crippen LogP contribution in [0, 0.1) is 12.7 Å². The molecule has 0 saturated carbocycles. The van der Waals surface area contributed by atoms with Crippen molar-refractivity contribution in [3.05, 3.63) is 53.8 Å². The minimum atomic E-state index is -0.425. The van der Waals surface area contributed by atoms with Crippen LogP contribution in [0.15, 0.2) is 42.5 Å². The number of urea groups is 1. The van der Waals surface area contributed by atoms with Gasteiger partial charge in [0.1, 0.15) is 5.82 Å². The number of nitrogens with one attached hydrogen (secondary N) is 2. The van der Waals surface area contributed by atoms with Crippen molar-refractivity contribution in [1.82, 2.24) is 0 Å². The third-order valence-electron chi connectivity index (χ3n) is 4.18. The molecular weight excluding hydrogens is 321 g/mol. The lowest BCUT2D eigenvalue weighted by molar-refractivity contribution is -0.119. The van der Waals surface area contributed by atoms with Gasteiger partial charge in [0.05, 0.1) is 0 Å². The lowest BCUT2D eigenvalue weighted by Crippen LogP contribution is -2.35. The van der Waals surface area contributed by atoms with E-state index in [0.717, 1.165) is 24.1 Å². The predicted molar refractivity (Wildman–Crippen MR) is 96.4 cm³/mol. The van der Waals surface area contributed by atoms with E-state index in [2.05, 4.69) is 10.6 Å². The minimum Gasteiger partial charge on any atom is -0.312 e. The number of carbonyl (C=O) groups is 2. The molecule has 0 atom stereocenters. The Morgan fingerprint density at radius 3 is 2.44 bits per heavy atom. The summed E-state index contributed by atoms with van der Waals surface area (Å²) in [6.45, 7) is 2.64. The highest BCUT2D eigenvalue weighted by molar-refractivity contribution is 6.01. The molecule has 0 aliphatic carbocycles. The maximum atomic E-state index is 12.9. The van der Waals surface area contributed by atoms with Crippen LogP contribution >= 0.6 is 0 Å². The molecule has 0 aromatic heterocycles. The second-order valence-electron chi connectivity index (χ2n) is 6.09. The molecule has 130 valence electrons. The summed E-state index contributed by atoms with van der Waals surface area (Å²) in [6, 6.07) is 10.6. The first-order chi connectivity index (χ1) is 12.0. The highest BCUT2D eigenvalue weighted by Gasteiger charge is 2.21. The molecule has 1 aliphatic rings. The van der Waals surface area contributed by atoms with Gasteiger partial charge in [-0.3, -0.25) is 4.79 Å². The van der Waals surface area contributed by atoms with Crippen LogP contribution < -0.4 is 15.5 Å². The fraction of sp³-hybridized carbons (Fsp3) is 0.263. The molecule has 2 N–H and O–H groups in total. The first-order valence-corrected chi connectivity index (χ1v) is 8.27. The number of amides is 3. The van der Waals surface area contributed by atoms with Crippen LogP contribution in [-0.2, 0) is 4.79 Å². The van der Waals surface area contributed by atoms with Crippen molar-refractivity contribution in [1.29, 1.82) is 0 Å². The van der Waals surface area contributed by atoms with Crippen LogP contribution in [0.5, 0.6) is 0 Å². The number of carbonyl (C=O) groups excluding carboxylic acids is 2. The number of nitrogens with zero attached hydrogens (tertiary/aromatic N) is 1. The van der Waals surface area contributed by atoms with E-state index in [1.807, 2.05) is 19.1 Å². The van der Waals surface area contributed by atoms with E-state index in [9.17, 15) is 14.0 Å². The molecule has 1 heterocycles. The molecule has 0 radical (unpaired) electrons. The number of hydrogen-bond donors (Lipinski definition) is 2. The molecule has 1 saturated heterocycles. The second kappa shape index (κ2) is 7.34. The Kier molecular flexibility index (Phi) is 4.97. The summed E-state index contributed by atoms with van der Waals surface area (Å²) in [4.78, 5) is 26.0. The zero-order chi connectivity index (χ0) is 17.8. The molecule has 25 heavy (non-hydrogen) atoms. The summed E-state index contributed by atoms with van der Waals surface area (Å²) in [5.74, 6) is -0.248. The third-order valence-corrected chi connectivity index (χ3v) is 4.18. The van der Waals surface area contributed by atoms with E-state index in [1.54, 1.807) is 11.0 Å². The first kappa shape index (κ1) is 17.0. The van der Waals surface area contributed by atoms with Crippen LogP contribution in [0.2, 0.25) is 0 Å². The largest absolute Gasteiger partial charge is 0.323 e. The van der Waals surface area contributed by atoms with E-state index in [1.165, 1.54) is 24.3 Å². The molecule has 0 spiro atoms. The van der Waals surface area contributed by atoms with Gasteiger partial charge in [-0.15, -0.1) is 0 Å². The number of hydrogen-bond acceptors (Lipinski definition) is 2. The molecule has 2 aromatic rings. The third kappa shape index (κ3) is 4.15. The first-order valence-electron chi connectivity index (χ1n) is 8.27. The monoisotopic (exact) mass is 341 g/mol. The van der Waals surface area contributed by atoms with Gasteiger partial charge in [-0.1, -0.05) is 6.07 Å². The van der Waals surface area contributed by atoms with Gasteiger partial charge >= 0.3 is 6.03 Å². The molecule has 3 rings (SSSR count). The summed E-state index contributed by atoms with van der Waals surface area (Å²) < 4.78 is 12.9. The van der Waals surface area contributed by atoms with E-state index < -0.39 is 6.03 Å². The van der Waals surface area contributed by atoms with Crippen LogP contribution in [0.4, 0.5) is 26.2 Å². The molecule has 6 heteroatoms. The zero-order valence-corrected chi connectivity index (χ0v) is 14.0. The Bertz CT molecular complexity index is 790. The molecule has 5 nitrogen and oxygen atoms in total. The van der Waals surface area contributed by atoms with Crippen LogP contribution in [0.3, 0.4) is 0 Å². The zero-order valence-electron chi connectivity index (χ0n) is 14.0. The van der Waals surface area contributed by atoms with Crippen LogP contribution in [-0.4, -0.2) is 18.5 Å². The number of benzene rings is 2. The Morgan fingerprint density at radius 2 is 1.72 bits per heavy atom. The average Bonchev–Trinajstić information content (AvgIpc) is 2.59. The van der Waals surface area contributed by atoms with Crippen molar-refractivity contribution in [2.45, 2.75) is 26.2 Å². The second-order valence-corrected chi connectivity index (χ2v) is 6.09. The molecule has 1 aliphatic heterocycles. The van der Waals surface area contributed by atoms with E-state index in [0.29, 0.717) is 24.3 Å². The van der Waals surface area contributed by atoms with Gasteiger partial charge in [0, 0.05) is 30.0 Å². The SMILES string of the molecule is Cc1ccc(NC(=O)Nc2ccc(F)cc2)cc1N1CCCCC1=O. The number of piperidine rings is 1. The number of aryl methyl sites for hydroxylation is 1. The van der Waals surface area contributed by atoms with Gasteiger partial charge in [-0.05, 0) is 61.7 Å². The Hall–Kier alpha value is -2.89. The van der Waals surface area contributed by atoms with Crippen molar-refractivity contribution in [3.8, 4) is 0 Å². The van der Waals surface area contributed by atoms with Crippen molar-refractivity contribution in [3.63, 3.8) is 0 Å². The summed E-state index contributed by atoms with van der Waals surface area (Å²) in [6.07, 6.45) is 2.46. The maximum Gasteiger partial charge on any atom is 0.323 e. The molecular formula is C19H20FN3O2. The maximum absolute atomic E-state index is 12.9. The topological polar surface area (TPSA) is 61.4 Å². The normalized spacial score (nSPS) is 14.3. The van der Waals surface area contributed by atoms with Gasteiger partial charge in [0.15, 0.2) is 0 Å². The smallest absolute Gasteiger partial charge is 0.312 e. The Balaban J connectivity index is 1.72. The predicted octanol–water partition coefficient (Wildman–Crippen LogP) is 4.30. The summed E-state index contributed by atoms with van der Waals surface area (Å²) >= 11 is 0. The summed E-state index contributed by atoms with van der Waals surface area (Å²) in [5, 5.41) is 5.39. The van der Waals surface area contributed by atoms with Crippen molar-refractivity contribution < 1.29 is 14.0 Å². The lowest BCUT2D eigenvalue weighted by atomic mass is 10.1. The highest BCUT2D eigenvalue weighted by atomic mass is 19.1. The molecule has 2 aromatic carbocycles. The summed E-state index contributed by atoms with van der Waals surface area (Å²) in [5.41, 5.74) is 2.90. The lowest BCUT2D eigenvalue weighted by Gasteiger charge is -2.28. The van der Waals surface area contributed by atoms with Crippen LogP contribution in [0.25, 0.3) is 0 Å². The number of rotatable bonds is 3. The van der Waals surface area contributed by atoms with Gasteiger partial charge in [0.2, 0.25) is 5.91 Å². The molecule has 3 amide bonds.